The first-order chi connectivity index (χ1) is 8.29. The Balaban J connectivity index is 2.45. The summed E-state index contributed by atoms with van der Waals surface area (Å²) in [7, 11) is 1.20. The number of fused-ring (bicyclic) bond motifs is 1. The van der Waals surface area contributed by atoms with Gasteiger partial charge in [-0.2, -0.15) is 0 Å². The molecule has 0 saturated heterocycles. The molecule has 1 unspecified atom stereocenters. The minimum atomic E-state index is -3.95. The van der Waals surface area contributed by atoms with Crippen LogP contribution in [-0.4, -0.2) is 26.8 Å². The molecule has 1 aromatic carbocycles. The van der Waals surface area contributed by atoms with Crippen molar-refractivity contribution in [2.45, 2.75) is 23.8 Å². The van der Waals surface area contributed by atoms with E-state index < -0.39 is 27.4 Å². The van der Waals surface area contributed by atoms with Crippen LogP contribution in [0.3, 0.4) is 0 Å². The van der Waals surface area contributed by atoms with Crippen molar-refractivity contribution >= 4 is 25.6 Å². The highest BCUT2D eigenvalue weighted by Crippen LogP contribution is 2.24. The van der Waals surface area contributed by atoms with E-state index in [2.05, 4.69) is 5.32 Å². The SMILES string of the molecule is O=C1NC(C(F)F)Cc2ccc(S(=O)(=O)Cl)cc21. The van der Waals surface area contributed by atoms with Gasteiger partial charge in [0.05, 0.1) is 10.9 Å². The fourth-order valence-electron chi connectivity index (χ4n) is 1.78. The summed E-state index contributed by atoms with van der Waals surface area (Å²) in [5.41, 5.74) is 0.446. The van der Waals surface area contributed by atoms with E-state index in [0.29, 0.717) is 5.56 Å². The quantitative estimate of drug-likeness (QED) is 0.842. The molecule has 18 heavy (non-hydrogen) atoms. The molecule has 0 radical (unpaired) electrons. The van der Waals surface area contributed by atoms with Gasteiger partial charge in [0.25, 0.3) is 21.4 Å². The summed E-state index contributed by atoms with van der Waals surface area (Å²) in [6.45, 7) is 0. The van der Waals surface area contributed by atoms with Crippen molar-refractivity contribution in [2.75, 3.05) is 0 Å². The topological polar surface area (TPSA) is 63.2 Å². The van der Waals surface area contributed by atoms with Crippen LogP contribution < -0.4 is 5.32 Å². The predicted molar refractivity (Wildman–Crippen MR) is 60.4 cm³/mol. The van der Waals surface area contributed by atoms with Crippen molar-refractivity contribution in [3.05, 3.63) is 29.3 Å². The Morgan fingerprint density at radius 1 is 1.39 bits per heavy atom. The van der Waals surface area contributed by atoms with Gasteiger partial charge in [-0.15, -0.1) is 0 Å². The Morgan fingerprint density at radius 2 is 2.06 bits per heavy atom. The number of alkyl halides is 2. The highest BCUT2D eigenvalue weighted by Gasteiger charge is 2.30. The van der Waals surface area contributed by atoms with Crippen LogP contribution in [0, 0.1) is 0 Å². The Hall–Kier alpha value is -1.21. The number of nitrogens with one attached hydrogen (secondary N) is 1. The Labute approximate surface area is 106 Å². The molecule has 1 aliphatic rings. The molecule has 0 aromatic heterocycles. The minimum absolute atomic E-state index is 0.0403. The molecular weight excluding hydrogens is 288 g/mol. The monoisotopic (exact) mass is 295 g/mol. The first-order valence-corrected chi connectivity index (χ1v) is 7.26. The van der Waals surface area contributed by atoms with Gasteiger partial charge in [0.2, 0.25) is 0 Å². The lowest BCUT2D eigenvalue weighted by Crippen LogP contribution is -2.45. The zero-order chi connectivity index (χ0) is 13.5. The maximum atomic E-state index is 12.5. The van der Waals surface area contributed by atoms with Gasteiger partial charge >= 0.3 is 0 Å². The molecule has 2 rings (SSSR count). The zero-order valence-corrected chi connectivity index (χ0v) is 10.4. The molecule has 1 amide bonds. The van der Waals surface area contributed by atoms with Gasteiger partial charge in [0.1, 0.15) is 0 Å². The summed E-state index contributed by atoms with van der Waals surface area (Å²) in [6.07, 6.45) is -2.71. The van der Waals surface area contributed by atoms with E-state index in [1.54, 1.807) is 0 Å². The number of hydrogen-bond acceptors (Lipinski definition) is 3. The van der Waals surface area contributed by atoms with Gasteiger partial charge in [-0.25, -0.2) is 17.2 Å². The van der Waals surface area contributed by atoms with E-state index in [-0.39, 0.29) is 16.9 Å². The number of rotatable bonds is 2. The summed E-state index contributed by atoms with van der Waals surface area (Å²) in [5.74, 6) is -0.719. The normalized spacial score (nSPS) is 19.6. The van der Waals surface area contributed by atoms with Gasteiger partial charge in [-0.1, -0.05) is 6.07 Å². The van der Waals surface area contributed by atoms with Crippen LogP contribution in [0.15, 0.2) is 23.1 Å². The second-order valence-electron chi connectivity index (χ2n) is 3.88. The Morgan fingerprint density at radius 3 is 2.61 bits per heavy atom. The molecular formula is C10H8ClF2NO3S. The van der Waals surface area contributed by atoms with Gasteiger partial charge in [-0.3, -0.25) is 4.79 Å². The molecule has 0 aliphatic carbocycles. The van der Waals surface area contributed by atoms with Crippen molar-refractivity contribution in [2.24, 2.45) is 0 Å². The third-order valence-corrected chi connectivity index (χ3v) is 4.02. The number of amides is 1. The third kappa shape index (κ3) is 2.46. The van der Waals surface area contributed by atoms with E-state index in [1.807, 2.05) is 0 Å². The maximum absolute atomic E-state index is 12.5. The van der Waals surface area contributed by atoms with Gasteiger partial charge < -0.3 is 5.32 Å². The van der Waals surface area contributed by atoms with Crippen molar-refractivity contribution < 1.29 is 22.0 Å². The zero-order valence-electron chi connectivity index (χ0n) is 8.86. The number of halogens is 3. The van der Waals surface area contributed by atoms with Crippen molar-refractivity contribution in [1.82, 2.24) is 5.32 Å². The Kier molecular flexibility index (Phi) is 3.29. The predicted octanol–water partition coefficient (Wildman–Crippen LogP) is 1.53. The summed E-state index contributed by atoms with van der Waals surface area (Å²) in [6, 6.07) is 2.37. The number of carbonyl (C=O) groups is 1. The van der Waals surface area contributed by atoms with Crippen LogP contribution >= 0.6 is 10.7 Å². The lowest BCUT2D eigenvalue weighted by atomic mass is 9.95. The molecule has 1 N–H and O–H groups in total. The molecule has 1 aromatic rings. The molecule has 4 nitrogen and oxygen atoms in total. The van der Waals surface area contributed by atoms with Crippen LogP contribution in [0.5, 0.6) is 0 Å². The third-order valence-electron chi connectivity index (χ3n) is 2.67. The second-order valence-corrected chi connectivity index (χ2v) is 6.44. The lowest BCUT2D eigenvalue weighted by Gasteiger charge is -2.25. The molecule has 0 bridgehead atoms. The fourth-order valence-corrected chi connectivity index (χ4v) is 2.56. The summed E-state index contributed by atoms with van der Waals surface area (Å²) in [4.78, 5) is 11.4. The van der Waals surface area contributed by atoms with E-state index in [9.17, 15) is 22.0 Å². The highest BCUT2D eigenvalue weighted by molar-refractivity contribution is 8.13. The number of benzene rings is 1. The van der Waals surface area contributed by atoms with Gasteiger partial charge in [0, 0.05) is 16.2 Å². The first kappa shape index (κ1) is 13.2. The van der Waals surface area contributed by atoms with Crippen molar-refractivity contribution in [3.63, 3.8) is 0 Å². The molecule has 0 spiro atoms. The largest absolute Gasteiger partial charge is 0.343 e. The van der Waals surface area contributed by atoms with Crippen molar-refractivity contribution in [1.29, 1.82) is 0 Å². The Bertz CT molecular complexity index is 603. The molecule has 0 fully saturated rings. The van der Waals surface area contributed by atoms with Crippen LogP contribution in [0.4, 0.5) is 8.78 Å². The molecule has 8 heteroatoms. The van der Waals surface area contributed by atoms with Crippen LogP contribution in [0.25, 0.3) is 0 Å². The van der Waals surface area contributed by atoms with E-state index >= 15 is 0 Å². The molecule has 1 aliphatic heterocycles. The molecule has 1 atom stereocenters. The standard InChI is InChI=1S/C10H8ClF2NO3S/c11-18(16,17)6-2-1-5-3-8(9(12)13)14-10(15)7(5)4-6/h1-2,4,8-9H,3H2,(H,14,15). The lowest BCUT2D eigenvalue weighted by molar-refractivity contribution is 0.0715. The van der Waals surface area contributed by atoms with E-state index in [0.717, 1.165) is 6.07 Å². The van der Waals surface area contributed by atoms with Crippen LogP contribution in [-0.2, 0) is 15.5 Å². The second kappa shape index (κ2) is 4.47. The summed E-state index contributed by atoms with van der Waals surface area (Å²) < 4.78 is 47.3. The van der Waals surface area contributed by atoms with E-state index in [1.165, 1.54) is 12.1 Å². The van der Waals surface area contributed by atoms with Crippen LogP contribution in [0.1, 0.15) is 15.9 Å². The highest BCUT2D eigenvalue weighted by atomic mass is 35.7. The van der Waals surface area contributed by atoms with E-state index in [4.69, 9.17) is 10.7 Å². The smallest absolute Gasteiger partial charge is 0.261 e. The fraction of sp³-hybridized carbons (Fsp3) is 0.300. The molecule has 0 saturated carbocycles. The average molecular weight is 296 g/mol. The average Bonchev–Trinajstić information content (AvgIpc) is 2.27. The van der Waals surface area contributed by atoms with Gasteiger partial charge in [0.15, 0.2) is 0 Å². The minimum Gasteiger partial charge on any atom is -0.343 e. The summed E-state index contributed by atoms with van der Waals surface area (Å²) in [5, 5.41) is 2.12. The van der Waals surface area contributed by atoms with Crippen molar-refractivity contribution in [3.8, 4) is 0 Å². The first-order valence-electron chi connectivity index (χ1n) is 4.95. The molecule has 98 valence electrons. The van der Waals surface area contributed by atoms with Gasteiger partial charge in [-0.05, 0) is 24.1 Å². The maximum Gasteiger partial charge on any atom is 0.261 e. The summed E-state index contributed by atoms with van der Waals surface area (Å²) >= 11 is 0. The van der Waals surface area contributed by atoms with Crippen LogP contribution in [0.2, 0.25) is 0 Å². The number of carbonyl (C=O) groups excluding carboxylic acids is 1. The number of hydrogen-bond donors (Lipinski definition) is 1. The molecule has 1 heterocycles.